The fourth-order valence-corrected chi connectivity index (χ4v) is 4.34. The fourth-order valence-electron chi connectivity index (χ4n) is 4.34. The minimum atomic E-state index is 0.572. The molecule has 4 rings (SSSR count). The summed E-state index contributed by atoms with van der Waals surface area (Å²) in [5, 5.41) is 0. The summed E-state index contributed by atoms with van der Waals surface area (Å²) < 4.78 is 1.14. The first-order chi connectivity index (χ1) is 11.5. The SMILES string of the molecule is [Li][CH]1C(CCC2=Cc3cc(C)ccc3[CH]2[Li])=Cc2cc(C)ccc21. The normalized spacial score (nSPS) is 21.4. The molecule has 2 unspecified atom stereocenters. The molecule has 0 N–H and O–H groups in total. The third kappa shape index (κ3) is 2.92. The maximum absolute atomic E-state index is 2.43. The zero-order chi connectivity index (χ0) is 16.8. The van der Waals surface area contributed by atoms with Crippen LogP contribution in [0.5, 0.6) is 0 Å². The van der Waals surface area contributed by atoms with E-state index in [1.807, 2.05) is 0 Å². The second-order valence-corrected chi connectivity index (χ2v) is 7.65. The van der Waals surface area contributed by atoms with Crippen LogP contribution in [-0.4, -0.2) is 35.4 Å². The molecule has 2 aromatic rings. The molecular formula is C22H20Li2. The zero-order valence-electron chi connectivity index (χ0n) is 15.2. The summed E-state index contributed by atoms with van der Waals surface area (Å²) >= 11 is 4.72. The second-order valence-electron chi connectivity index (χ2n) is 7.65. The quantitative estimate of drug-likeness (QED) is 0.700. The molecule has 24 heavy (non-hydrogen) atoms. The van der Waals surface area contributed by atoms with E-state index in [1.54, 1.807) is 11.1 Å². The van der Waals surface area contributed by atoms with Crippen molar-refractivity contribution < 1.29 is 0 Å². The van der Waals surface area contributed by atoms with Crippen molar-refractivity contribution in [1.29, 1.82) is 0 Å². The predicted molar refractivity (Wildman–Crippen MR) is 105 cm³/mol. The van der Waals surface area contributed by atoms with E-state index in [0.29, 0.717) is 9.18 Å². The molecule has 2 atom stereocenters. The molecule has 0 heterocycles. The maximum atomic E-state index is 2.43. The van der Waals surface area contributed by atoms with E-state index >= 15 is 0 Å². The van der Waals surface area contributed by atoms with Crippen LogP contribution in [0.2, 0.25) is 0 Å². The third-order valence-electron chi connectivity index (χ3n) is 5.91. The molecule has 0 bridgehead atoms. The number of allylic oxidation sites excluding steroid dienone is 2. The number of hydrogen-bond acceptors (Lipinski definition) is 0. The molecule has 2 heteroatoms. The Balaban J connectivity index is 1.51. The first-order valence-corrected chi connectivity index (χ1v) is 9.15. The zero-order valence-corrected chi connectivity index (χ0v) is 15.2. The summed E-state index contributed by atoms with van der Waals surface area (Å²) in [4.78, 5) is 0. The molecule has 0 nitrogen and oxygen atoms in total. The Bertz CT molecular complexity index is 800. The summed E-state index contributed by atoms with van der Waals surface area (Å²) in [7, 11) is 0. The van der Waals surface area contributed by atoms with E-state index < -0.39 is 0 Å². The van der Waals surface area contributed by atoms with Crippen molar-refractivity contribution in [3.05, 3.63) is 80.9 Å². The van der Waals surface area contributed by atoms with E-state index in [1.165, 1.54) is 46.2 Å². The van der Waals surface area contributed by atoms with Crippen LogP contribution in [0.3, 0.4) is 0 Å². The van der Waals surface area contributed by atoms with Gasteiger partial charge in [0.1, 0.15) is 0 Å². The first kappa shape index (κ1) is 16.6. The van der Waals surface area contributed by atoms with E-state index in [0.717, 1.165) is 0 Å². The molecule has 0 amide bonds. The van der Waals surface area contributed by atoms with E-state index in [-0.39, 0.29) is 0 Å². The van der Waals surface area contributed by atoms with Crippen LogP contribution in [0, 0.1) is 13.8 Å². The first-order valence-electron chi connectivity index (χ1n) is 9.15. The van der Waals surface area contributed by atoms with E-state index in [4.69, 9.17) is 0 Å². The average molecular weight is 298 g/mol. The Kier molecular flexibility index (Phi) is 4.45. The topological polar surface area (TPSA) is 0 Å². The number of fused-ring (bicyclic) bond motifs is 2. The van der Waals surface area contributed by atoms with Crippen molar-refractivity contribution in [2.75, 3.05) is 0 Å². The molecule has 0 radical (unpaired) electrons. The van der Waals surface area contributed by atoms with E-state index in [9.17, 15) is 0 Å². The summed E-state index contributed by atoms with van der Waals surface area (Å²) in [6.07, 6.45) is 7.23. The fraction of sp³-hybridized carbons (Fsp3) is 0.273. The standard InChI is InChI=1S/C22H20.2Li/c1-15-3-7-19-11-17(13-21(19)9-15)5-6-18-12-20-8-4-16(2)10-22(20)14-18;;/h3-4,7-14H,5-6H2,1-2H3;;. The monoisotopic (exact) mass is 298 g/mol. The molecule has 0 spiro atoms. The Morgan fingerprint density at radius 3 is 1.54 bits per heavy atom. The number of benzene rings is 2. The van der Waals surface area contributed by atoms with Crippen molar-refractivity contribution in [1.82, 2.24) is 0 Å². The Labute approximate surface area is 163 Å². The molecule has 0 aliphatic heterocycles. The van der Waals surface area contributed by atoms with Crippen molar-refractivity contribution in [2.45, 2.75) is 35.9 Å². The van der Waals surface area contributed by atoms with Gasteiger partial charge in [-0.1, -0.05) is 0 Å². The van der Waals surface area contributed by atoms with Crippen molar-refractivity contribution in [3.63, 3.8) is 0 Å². The predicted octanol–water partition coefficient (Wildman–Crippen LogP) is 5.00. The third-order valence-corrected chi connectivity index (χ3v) is 5.91. The Morgan fingerprint density at radius 1 is 0.708 bits per heavy atom. The van der Waals surface area contributed by atoms with Crippen LogP contribution >= 0.6 is 0 Å². The van der Waals surface area contributed by atoms with Gasteiger partial charge >= 0.3 is 164 Å². The van der Waals surface area contributed by atoms with Crippen molar-refractivity contribution >= 4 is 47.6 Å². The summed E-state index contributed by atoms with van der Waals surface area (Å²) in [5.41, 5.74) is 11.8. The summed E-state index contributed by atoms with van der Waals surface area (Å²) in [6.45, 7) is 4.36. The van der Waals surface area contributed by atoms with Crippen LogP contribution in [0.1, 0.15) is 55.4 Å². The molecule has 0 saturated heterocycles. The Hall–Kier alpha value is -0.885. The van der Waals surface area contributed by atoms with Gasteiger partial charge < -0.3 is 0 Å². The van der Waals surface area contributed by atoms with Gasteiger partial charge in [0.25, 0.3) is 0 Å². The molecule has 0 aromatic heterocycles. The van der Waals surface area contributed by atoms with Gasteiger partial charge in [-0.05, 0) is 0 Å². The van der Waals surface area contributed by atoms with Gasteiger partial charge in [-0.2, -0.15) is 0 Å². The minimum absolute atomic E-state index is 0.572. The van der Waals surface area contributed by atoms with Gasteiger partial charge in [-0.3, -0.25) is 0 Å². The van der Waals surface area contributed by atoms with Gasteiger partial charge in [0.05, 0.1) is 0 Å². The number of aryl methyl sites for hydroxylation is 2. The molecule has 2 aliphatic carbocycles. The second kappa shape index (κ2) is 6.44. The van der Waals surface area contributed by atoms with Crippen molar-refractivity contribution in [3.8, 4) is 0 Å². The number of hydrogen-bond donors (Lipinski definition) is 0. The molecule has 0 saturated carbocycles. The van der Waals surface area contributed by atoms with Crippen LogP contribution in [0.25, 0.3) is 12.2 Å². The molecular weight excluding hydrogens is 278 g/mol. The summed E-state index contributed by atoms with van der Waals surface area (Å²) in [5.74, 6) is 0. The van der Waals surface area contributed by atoms with Gasteiger partial charge in [0.15, 0.2) is 0 Å². The van der Waals surface area contributed by atoms with Crippen LogP contribution in [-0.2, 0) is 0 Å². The van der Waals surface area contributed by atoms with Crippen molar-refractivity contribution in [2.24, 2.45) is 0 Å². The van der Waals surface area contributed by atoms with E-state index in [2.05, 4.69) is 97.8 Å². The molecule has 2 aliphatic rings. The van der Waals surface area contributed by atoms with Crippen LogP contribution in [0.4, 0.5) is 0 Å². The van der Waals surface area contributed by atoms with Gasteiger partial charge in [-0.25, -0.2) is 0 Å². The van der Waals surface area contributed by atoms with Crippen LogP contribution in [0.15, 0.2) is 47.5 Å². The molecule has 0 fully saturated rings. The van der Waals surface area contributed by atoms with Gasteiger partial charge in [-0.15, -0.1) is 0 Å². The van der Waals surface area contributed by atoms with Gasteiger partial charge in [0.2, 0.25) is 0 Å². The number of rotatable bonds is 3. The van der Waals surface area contributed by atoms with Crippen LogP contribution < -0.4 is 0 Å². The molecule has 2 aromatic carbocycles. The average Bonchev–Trinajstić information content (AvgIpc) is 3.02. The summed E-state index contributed by atoms with van der Waals surface area (Å²) in [6, 6.07) is 13.8. The molecule has 110 valence electrons. The van der Waals surface area contributed by atoms with Gasteiger partial charge in [0, 0.05) is 0 Å². The Morgan fingerprint density at radius 2 is 1.12 bits per heavy atom.